The molecule has 0 heterocycles. The Labute approximate surface area is 77.1 Å². The van der Waals surface area contributed by atoms with Crippen molar-refractivity contribution in [3.05, 3.63) is 11.6 Å². The third kappa shape index (κ3) is 1.73. The van der Waals surface area contributed by atoms with Crippen LogP contribution in [0.2, 0.25) is 0 Å². The van der Waals surface area contributed by atoms with E-state index in [4.69, 9.17) is 0 Å². The lowest BCUT2D eigenvalue weighted by Crippen LogP contribution is -2.20. The number of allylic oxidation sites excluding steroid dienone is 2. The summed E-state index contributed by atoms with van der Waals surface area (Å²) in [7, 11) is 0. The number of hydrogen-bond acceptors (Lipinski definition) is 0. The van der Waals surface area contributed by atoms with Crippen molar-refractivity contribution in [3.63, 3.8) is 0 Å². The van der Waals surface area contributed by atoms with Crippen LogP contribution in [-0.2, 0) is 0 Å². The SMILES string of the molecule is CC(C)C1=CCC(C)(C(C)C)C1. The molecule has 0 aromatic heterocycles. The third-order valence-electron chi connectivity index (χ3n) is 3.57. The van der Waals surface area contributed by atoms with Gasteiger partial charge in [0.2, 0.25) is 0 Å². The van der Waals surface area contributed by atoms with Crippen molar-refractivity contribution in [1.82, 2.24) is 0 Å². The predicted molar refractivity (Wildman–Crippen MR) is 55.1 cm³/mol. The molecule has 0 radical (unpaired) electrons. The Morgan fingerprint density at radius 2 is 1.83 bits per heavy atom. The molecule has 12 heavy (non-hydrogen) atoms. The van der Waals surface area contributed by atoms with E-state index in [0.717, 1.165) is 11.8 Å². The zero-order valence-electron chi connectivity index (χ0n) is 9.15. The van der Waals surface area contributed by atoms with Crippen LogP contribution in [0.25, 0.3) is 0 Å². The zero-order chi connectivity index (χ0) is 9.35. The fourth-order valence-corrected chi connectivity index (χ4v) is 1.85. The molecule has 1 atom stereocenters. The molecule has 0 aliphatic heterocycles. The van der Waals surface area contributed by atoms with Crippen LogP contribution in [0.3, 0.4) is 0 Å². The molecule has 1 rings (SSSR count). The highest BCUT2D eigenvalue weighted by atomic mass is 14.4. The highest BCUT2D eigenvalue weighted by molar-refractivity contribution is 5.16. The number of rotatable bonds is 2. The van der Waals surface area contributed by atoms with E-state index >= 15 is 0 Å². The summed E-state index contributed by atoms with van der Waals surface area (Å²) < 4.78 is 0. The second-order valence-electron chi connectivity index (χ2n) is 5.12. The minimum absolute atomic E-state index is 0.555. The molecule has 0 saturated carbocycles. The Kier molecular flexibility index (Phi) is 2.65. The Hall–Kier alpha value is -0.260. The van der Waals surface area contributed by atoms with Crippen LogP contribution < -0.4 is 0 Å². The van der Waals surface area contributed by atoms with Gasteiger partial charge in [-0.05, 0) is 30.1 Å². The van der Waals surface area contributed by atoms with Crippen LogP contribution in [0.4, 0.5) is 0 Å². The van der Waals surface area contributed by atoms with Crippen molar-refractivity contribution in [2.75, 3.05) is 0 Å². The summed E-state index contributed by atoms with van der Waals surface area (Å²) in [6.07, 6.45) is 5.07. The highest BCUT2D eigenvalue weighted by Crippen LogP contribution is 2.44. The van der Waals surface area contributed by atoms with Gasteiger partial charge in [0.25, 0.3) is 0 Å². The van der Waals surface area contributed by atoms with Gasteiger partial charge >= 0.3 is 0 Å². The first-order valence-corrected chi connectivity index (χ1v) is 5.14. The molecule has 1 aliphatic rings. The van der Waals surface area contributed by atoms with Crippen molar-refractivity contribution in [3.8, 4) is 0 Å². The fourth-order valence-electron chi connectivity index (χ4n) is 1.85. The first-order chi connectivity index (χ1) is 5.46. The average Bonchev–Trinajstić information content (AvgIpc) is 2.33. The molecule has 0 nitrogen and oxygen atoms in total. The average molecular weight is 166 g/mol. The quantitative estimate of drug-likeness (QED) is 0.543. The third-order valence-corrected chi connectivity index (χ3v) is 3.57. The van der Waals surface area contributed by atoms with E-state index in [2.05, 4.69) is 40.7 Å². The van der Waals surface area contributed by atoms with Gasteiger partial charge in [0.15, 0.2) is 0 Å². The molecule has 70 valence electrons. The molecule has 0 aromatic rings. The Bertz CT molecular complexity index is 186. The minimum atomic E-state index is 0.555. The van der Waals surface area contributed by atoms with Gasteiger partial charge in [-0.3, -0.25) is 0 Å². The topological polar surface area (TPSA) is 0 Å². The molecule has 0 heteroatoms. The predicted octanol–water partition coefficient (Wildman–Crippen LogP) is 4.02. The summed E-state index contributed by atoms with van der Waals surface area (Å²) in [4.78, 5) is 0. The first-order valence-electron chi connectivity index (χ1n) is 5.14. The van der Waals surface area contributed by atoms with Crippen LogP contribution in [-0.4, -0.2) is 0 Å². The zero-order valence-corrected chi connectivity index (χ0v) is 9.15. The maximum atomic E-state index is 2.46. The Balaban J connectivity index is 2.62. The molecular formula is C12H22. The number of hydrogen-bond donors (Lipinski definition) is 0. The van der Waals surface area contributed by atoms with E-state index in [9.17, 15) is 0 Å². The van der Waals surface area contributed by atoms with E-state index < -0.39 is 0 Å². The second kappa shape index (κ2) is 3.24. The molecular weight excluding hydrogens is 144 g/mol. The lowest BCUT2D eigenvalue weighted by molar-refractivity contribution is 0.232. The molecule has 1 aliphatic carbocycles. The Morgan fingerprint density at radius 3 is 2.08 bits per heavy atom. The standard InChI is InChI=1S/C12H22/c1-9(2)11-6-7-12(5,8-11)10(3)4/h6,9-10H,7-8H2,1-5H3. The van der Waals surface area contributed by atoms with Crippen LogP contribution >= 0.6 is 0 Å². The summed E-state index contributed by atoms with van der Waals surface area (Å²) in [5.41, 5.74) is 2.23. The molecule has 0 fully saturated rings. The van der Waals surface area contributed by atoms with Crippen LogP contribution in [0, 0.1) is 17.3 Å². The van der Waals surface area contributed by atoms with Gasteiger partial charge in [-0.25, -0.2) is 0 Å². The monoisotopic (exact) mass is 166 g/mol. The van der Waals surface area contributed by atoms with E-state index in [-0.39, 0.29) is 0 Å². The van der Waals surface area contributed by atoms with E-state index in [0.29, 0.717) is 5.41 Å². The second-order valence-corrected chi connectivity index (χ2v) is 5.12. The van der Waals surface area contributed by atoms with Crippen molar-refractivity contribution in [2.45, 2.75) is 47.5 Å². The molecule has 0 amide bonds. The summed E-state index contributed by atoms with van der Waals surface area (Å²) in [5.74, 6) is 1.57. The van der Waals surface area contributed by atoms with Gasteiger partial charge in [0, 0.05) is 0 Å². The first kappa shape index (κ1) is 9.83. The van der Waals surface area contributed by atoms with Crippen LogP contribution in [0.5, 0.6) is 0 Å². The van der Waals surface area contributed by atoms with Gasteiger partial charge in [-0.2, -0.15) is 0 Å². The Morgan fingerprint density at radius 1 is 1.25 bits per heavy atom. The molecule has 0 N–H and O–H groups in total. The van der Waals surface area contributed by atoms with Crippen molar-refractivity contribution >= 4 is 0 Å². The summed E-state index contributed by atoms with van der Waals surface area (Å²) in [6.45, 7) is 11.7. The molecule has 1 unspecified atom stereocenters. The van der Waals surface area contributed by atoms with Gasteiger partial charge in [-0.15, -0.1) is 0 Å². The molecule has 0 spiro atoms. The van der Waals surface area contributed by atoms with Gasteiger partial charge in [0.05, 0.1) is 0 Å². The summed E-state index contributed by atoms with van der Waals surface area (Å²) >= 11 is 0. The van der Waals surface area contributed by atoms with E-state index in [1.807, 2.05) is 0 Å². The van der Waals surface area contributed by atoms with Crippen LogP contribution in [0.15, 0.2) is 11.6 Å². The minimum Gasteiger partial charge on any atom is -0.0845 e. The van der Waals surface area contributed by atoms with E-state index in [1.54, 1.807) is 5.57 Å². The normalized spacial score (nSPS) is 30.1. The highest BCUT2D eigenvalue weighted by Gasteiger charge is 2.33. The van der Waals surface area contributed by atoms with Gasteiger partial charge in [0.1, 0.15) is 0 Å². The molecule has 0 bridgehead atoms. The molecule has 0 saturated heterocycles. The van der Waals surface area contributed by atoms with Gasteiger partial charge in [-0.1, -0.05) is 46.3 Å². The summed E-state index contributed by atoms with van der Waals surface area (Å²) in [5, 5.41) is 0. The van der Waals surface area contributed by atoms with Crippen molar-refractivity contribution in [1.29, 1.82) is 0 Å². The lowest BCUT2D eigenvalue weighted by atomic mass is 9.76. The van der Waals surface area contributed by atoms with Gasteiger partial charge < -0.3 is 0 Å². The lowest BCUT2D eigenvalue weighted by Gasteiger charge is -2.29. The van der Waals surface area contributed by atoms with E-state index in [1.165, 1.54) is 12.8 Å². The smallest absolute Gasteiger partial charge is 0.0231 e. The van der Waals surface area contributed by atoms with Crippen LogP contribution in [0.1, 0.15) is 47.5 Å². The molecule has 0 aromatic carbocycles. The van der Waals surface area contributed by atoms with Crippen molar-refractivity contribution in [2.24, 2.45) is 17.3 Å². The maximum Gasteiger partial charge on any atom is -0.0231 e. The van der Waals surface area contributed by atoms with Crippen molar-refractivity contribution < 1.29 is 0 Å². The maximum absolute atomic E-state index is 2.46. The summed E-state index contributed by atoms with van der Waals surface area (Å²) in [6, 6.07) is 0. The largest absolute Gasteiger partial charge is 0.0845 e. The fraction of sp³-hybridized carbons (Fsp3) is 0.833.